The number of ether oxygens (including phenoxy) is 2. The van der Waals surface area contributed by atoms with Crippen LogP contribution in [0, 0.1) is 6.92 Å². The van der Waals surface area contributed by atoms with Gasteiger partial charge in [0.05, 0.1) is 18.7 Å². The minimum absolute atomic E-state index is 0.0110. The van der Waals surface area contributed by atoms with Crippen molar-refractivity contribution >= 4 is 34.7 Å². The summed E-state index contributed by atoms with van der Waals surface area (Å²) in [5.74, 6) is -0.530. The number of methoxy groups -OCH3 is 1. The number of amides is 1. The molecule has 3 aromatic rings. The summed E-state index contributed by atoms with van der Waals surface area (Å²) in [5.41, 5.74) is 3.24. The summed E-state index contributed by atoms with van der Waals surface area (Å²) in [5, 5.41) is 11.9. The predicted octanol–water partition coefficient (Wildman–Crippen LogP) is 5.61. The summed E-state index contributed by atoms with van der Waals surface area (Å²) < 4.78 is 11.3. The molecule has 0 aromatic heterocycles. The van der Waals surface area contributed by atoms with E-state index >= 15 is 0 Å². The number of hydrogen-bond donors (Lipinski definition) is 1. The lowest BCUT2D eigenvalue weighted by molar-refractivity contribution is -0.132. The molecule has 1 saturated heterocycles. The Morgan fingerprint density at radius 3 is 2.63 bits per heavy atom. The highest BCUT2D eigenvalue weighted by Gasteiger charge is 2.48. The van der Waals surface area contributed by atoms with E-state index in [-0.39, 0.29) is 17.4 Å². The fourth-order valence-electron chi connectivity index (χ4n) is 4.74. The smallest absolute Gasteiger partial charge is 0.300 e. The molecule has 178 valence electrons. The van der Waals surface area contributed by atoms with E-state index in [1.54, 1.807) is 54.6 Å². The summed E-state index contributed by atoms with van der Waals surface area (Å²) in [7, 11) is 1.52. The van der Waals surface area contributed by atoms with Gasteiger partial charge in [0.2, 0.25) is 0 Å². The minimum atomic E-state index is -0.909. The molecule has 6 nitrogen and oxygen atoms in total. The van der Waals surface area contributed by atoms with Crippen molar-refractivity contribution in [3.8, 4) is 11.5 Å². The lowest BCUT2D eigenvalue weighted by Gasteiger charge is -2.27. The third-order valence-electron chi connectivity index (χ3n) is 6.48. The van der Waals surface area contributed by atoms with Gasteiger partial charge in [0.25, 0.3) is 11.7 Å². The van der Waals surface area contributed by atoms with Crippen LogP contribution in [0.1, 0.15) is 35.2 Å². The van der Waals surface area contributed by atoms with Gasteiger partial charge in [-0.15, -0.1) is 0 Å². The van der Waals surface area contributed by atoms with E-state index in [1.807, 2.05) is 19.9 Å². The summed E-state index contributed by atoms with van der Waals surface area (Å²) in [4.78, 5) is 28.2. The molecule has 7 heteroatoms. The van der Waals surface area contributed by atoms with Gasteiger partial charge in [-0.05, 0) is 61.4 Å². The molecule has 2 aliphatic heterocycles. The fourth-order valence-corrected chi connectivity index (χ4v) is 4.92. The lowest BCUT2D eigenvalue weighted by atomic mass is 9.93. The highest BCUT2D eigenvalue weighted by atomic mass is 35.5. The van der Waals surface area contributed by atoms with Crippen molar-refractivity contribution in [2.45, 2.75) is 32.4 Å². The zero-order valence-corrected chi connectivity index (χ0v) is 20.3. The fraction of sp³-hybridized carbons (Fsp3) is 0.214. The number of para-hydroxylation sites is 1. The first-order valence-corrected chi connectivity index (χ1v) is 11.7. The molecule has 0 radical (unpaired) electrons. The van der Waals surface area contributed by atoms with Crippen LogP contribution in [-0.4, -0.2) is 30.0 Å². The number of Topliss-reactive ketones (excluding diaryl/α,β-unsaturated/α-hetero) is 1. The van der Waals surface area contributed by atoms with Gasteiger partial charge in [0.1, 0.15) is 23.4 Å². The van der Waals surface area contributed by atoms with E-state index < -0.39 is 17.7 Å². The van der Waals surface area contributed by atoms with Crippen LogP contribution in [0.25, 0.3) is 5.76 Å². The van der Waals surface area contributed by atoms with Gasteiger partial charge in [-0.3, -0.25) is 14.5 Å². The van der Waals surface area contributed by atoms with Gasteiger partial charge < -0.3 is 14.6 Å². The Bertz CT molecular complexity index is 1400. The van der Waals surface area contributed by atoms with Gasteiger partial charge in [-0.25, -0.2) is 0 Å². The normalized spacial score (nSPS) is 20.6. The third kappa shape index (κ3) is 3.84. The van der Waals surface area contributed by atoms with Crippen LogP contribution in [0.2, 0.25) is 5.02 Å². The molecule has 3 aromatic carbocycles. The van der Waals surface area contributed by atoms with Gasteiger partial charge >= 0.3 is 0 Å². The van der Waals surface area contributed by atoms with Crippen LogP contribution in [-0.2, 0) is 16.0 Å². The van der Waals surface area contributed by atoms with Crippen LogP contribution in [0.4, 0.5) is 5.69 Å². The van der Waals surface area contributed by atoms with Crippen molar-refractivity contribution in [1.82, 2.24) is 0 Å². The second-order valence-electron chi connectivity index (χ2n) is 8.80. The number of aliphatic hydroxyl groups is 1. The summed E-state index contributed by atoms with van der Waals surface area (Å²) in [6.45, 7) is 3.83. The molecule has 1 fully saturated rings. The van der Waals surface area contributed by atoms with Gasteiger partial charge in [0, 0.05) is 28.3 Å². The number of anilines is 1. The Morgan fingerprint density at radius 1 is 1.11 bits per heavy atom. The van der Waals surface area contributed by atoms with E-state index in [1.165, 1.54) is 12.0 Å². The number of fused-ring (bicyclic) bond motifs is 1. The van der Waals surface area contributed by atoms with E-state index in [4.69, 9.17) is 21.1 Å². The molecule has 5 rings (SSSR count). The minimum Gasteiger partial charge on any atom is -0.507 e. The zero-order valence-electron chi connectivity index (χ0n) is 19.5. The number of benzene rings is 3. The molecule has 0 aliphatic carbocycles. The van der Waals surface area contributed by atoms with Crippen LogP contribution in [0.15, 0.2) is 66.2 Å². The van der Waals surface area contributed by atoms with Crippen LogP contribution >= 0.6 is 11.6 Å². The van der Waals surface area contributed by atoms with Crippen LogP contribution in [0.3, 0.4) is 0 Å². The maximum absolute atomic E-state index is 13.4. The first-order chi connectivity index (χ1) is 16.8. The number of rotatable bonds is 4. The van der Waals surface area contributed by atoms with E-state index in [0.717, 1.165) is 16.9 Å². The van der Waals surface area contributed by atoms with E-state index in [0.29, 0.717) is 34.0 Å². The third-order valence-corrected chi connectivity index (χ3v) is 6.89. The van der Waals surface area contributed by atoms with Crippen molar-refractivity contribution in [3.63, 3.8) is 0 Å². The van der Waals surface area contributed by atoms with Crippen molar-refractivity contribution in [1.29, 1.82) is 0 Å². The summed E-state index contributed by atoms with van der Waals surface area (Å²) in [6.07, 6.45) is 0.732. The topological polar surface area (TPSA) is 76.1 Å². The Kier molecular flexibility index (Phi) is 5.77. The molecular weight excluding hydrogens is 466 g/mol. The molecule has 0 spiro atoms. The zero-order chi connectivity index (χ0) is 24.9. The first kappa shape index (κ1) is 23.0. The number of carbonyl (C=O) groups excluding carboxylic acids is 2. The van der Waals surface area contributed by atoms with Gasteiger partial charge in [-0.2, -0.15) is 0 Å². The summed E-state index contributed by atoms with van der Waals surface area (Å²) >= 11 is 6.37. The molecule has 0 bridgehead atoms. The second kappa shape index (κ2) is 8.78. The maximum atomic E-state index is 13.4. The number of ketones is 1. The Labute approximate surface area is 208 Å². The lowest BCUT2D eigenvalue weighted by Crippen LogP contribution is -2.29. The van der Waals surface area contributed by atoms with Gasteiger partial charge in [0.15, 0.2) is 0 Å². The Morgan fingerprint density at radius 2 is 1.89 bits per heavy atom. The van der Waals surface area contributed by atoms with Crippen LogP contribution in [0.5, 0.6) is 11.5 Å². The second-order valence-corrected chi connectivity index (χ2v) is 9.21. The van der Waals surface area contributed by atoms with Crippen molar-refractivity contribution in [2.75, 3.05) is 12.0 Å². The molecule has 2 unspecified atom stereocenters. The molecular formula is C28H24ClNO5. The number of halogens is 1. The maximum Gasteiger partial charge on any atom is 0.300 e. The highest BCUT2D eigenvalue weighted by molar-refractivity contribution is 6.52. The molecule has 2 aliphatic rings. The molecule has 1 N–H and O–H groups in total. The number of aryl methyl sites for hydroxylation is 1. The van der Waals surface area contributed by atoms with Crippen molar-refractivity contribution in [3.05, 3.63) is 93.5 Å². The largest absolute Gasteiger partial charge is 0.507 e. The molecule has 35 heavy (non-hydrogen) atoms. The van der Waals surface area contributed by atoms with Gasteiger partial charge in [-0.1, -0.05) is 35.9 Å². The summed E-state index contributed by atoms with van der Waals surface area (Å²) in [6, 6.07) is 16.7. The predicted molar refractivity (Wildman–Crippen MR) is 134 cm³/mol. The Balaban J connectivity index is 1.73. The number of nitrogens with zero attached hydrogens (tertiary/aromatic N) is 1. The average Bonchev–Trinajstić information content (AvgIpc) is 3.35. The standard InChI is InChI=1S/C28H24ClNO5/c1-15-8-10-19(14-21(15)29)30-25(20-6-4-5-7-23(20)34-3)24(27(32)28(30)33)26(31)17-9-11-22-18(13-17)12-16(2)35-22/h4-11,13-14,16,25,31H,12H2,1-3H3/b26-24+. The van der Waals surface area contributed by atoms with E-state index in [2.05, 4.69) is 0 Å². The van der Waals surface area contributed by atoms with E-state index in [9.17, 15) is 14.7 Å². The molecule has 2 atom stereocenters. The SMILES string of the molecule is COc1ccccc1C1/C(=C(\O)c2ccc3c(c2)CC(C)O3)C(=O)C(=O)N1c1ccc(C)c(Cl)c1. The van der Waals surface area contributed by atoms with Crippen molar-refractivity contribution < 1.29 is 24.2 Å². The average molecular weight is 490 g/mol. The number of aliphatic hydroxyl groups excluding tert-OH is 1. The molecule has 0 saturated carbocycles. The highest BCUT2D eigenvalue weighted by Crippen LogP contribution is 2.45. The number of hydrogen-bond acceptors (Lipinski definition) is 5. The molecule has 2 heterocycles. The van der Waals surface area contributed by atoms with Crippen molar-refractivity contribution in [2.24, 2.45) is 0 Å². The quantitative estimate of drug-likeness (QED) is 0.293. The first-order valence-electron chi connectivity index (χ1n) is 11.3. The monoisotopic (exact) mass is 489 g/mol. The van der Waals surface area contributed by atoms with Crippen LogP contribution < -0.4 is 14.4 Å². The Hall–Kier alpha value is -3.77. The molecule has 1 amide bonds. The number of carbonyl (C=O) groups is 2.